The van der Waals surface area contributed by atoms with Gasteiger partial charge in [0, 0.05) is 4.90 Å². The summed E-state index contributed by atoms with van der Waals surface area (Å²) in [5, 5.41) is 0.00129. The van der Waals surface area contributed by atoms with Crippen LogP contribution in [0.2, 0.25) is 10.0 Å². The smallest absolute Gasteiger partial charge is 0.322 e. The second kappa shape index (κ2) is 8.62. The van der Waals surface area contributed by atoms with Crippen molar-refractivity contribution in [2.75, 3.05) is 18.6 Å². The van der Waals surface area contributed by atoms with Gasteiger partial charge in [0.05, 0.1) is 27.8 Å². The van der Waals surface area contributed by atoms with Crippen LogP contribution in [0.25, 0.3) is 0 Å². The number of hydrogen-bond acceptors (Lipinski definition) is 7. The third-order valence-corrected chi connectivity index (χ3v) is 6.12. The predicted octanol–water partition coefficient (Wildman–Crippen LogP) is 3.37. The number of carbonyl (C=O) groups is 2. The molecule has 0 aliphatic rings. The van der Waals surface area contributed by atoms with Crippen molar-refractivity contribution >= 4 is 56.7 Å². The first kappa shape index (κ1) is 22.1. The number of benzene rings is 1. The van der Waals surface area contributed by atoms with Crippen molar-refractivity contribution in [3.63, 3.8) is 0 Å². The third-order valence-electron chi connectivity index (χ3n) is 2.62. The second-order valence-electron chi connectivity index (χ2n) is 5.92. The minimum Gasteiger partial charge on any atom is -0.468 e. The molecule has 0 radical (unpaired) electrons. The summed E-state index contributed by atoms with van der Waals surface area (Å²) in [7, 11) is -2.78. The Morgan fingerprint density at radius 3 is 2.24 bits per heavy atom. The summed E-state index contributed by atoms with van der Waals surface area (Å²) in [6, 6.07) is 2.49. The fraction of sp³-hybridized carbons (Fsp3) is 0.467. The maximum atomic E-state index is 12.4. The standard InChI is InChI=1S/C15H18Cl2O6S2/c1-15(2,3)23-14(19)8-25(20,21)12-6-9(16)11(5-10(12)17)24-7-13(18)22-4/h5-6H,7-8H2,1-4H3. The van der Waals surface area contributed by atoms with E-state index in [0.29, 0.717) is 4.90 Å². The zero-order chi connectivity index (χ0) is 19.4. The van der Waals surface area contributed by atoms with Gasteiger partial charge in [-0.3, -0.25) is 9.59 Å². The molecule has 1 aromatic carbocycles. The van der Waals surface area contributed by atoms with E-state index in [2.05, 4.69) is 4.74 Å². The van der Waals surface area contributed by atoms with Crippen molar-refractivity contribution in [3.8, 4) is 0 Å². The number of thioether (sulfide) groups is 1. The summed E-state index contributed by atoms with van der Waals surface area (Å²) < 4.78 is 34.3. The summed E-state index contributed by atoms with van der Waals surface area (Å²) >= 11 is 13.2. The van der Waals surface area contributed by atoms with Gasteiger partial charge in [-0.05, 0) is 32.9 Å². The van der Waals surface area contributed by atoms with E-state index in [1.807, 2.05) is 0 Å². The van der Waals surface area contributed by atoms with Crippen molar-refractivity contribution < 1.29 is 27.5 Å². The lowest BCUT2D eigenvalue weighted by Crippen LogP contribution is -2.28. The van der Waals surface area contributed by atoms with Crippen molar-refractivity contribution in [1.82, 2.24) is 0 Å². The maximum Gasteiger partial charge on any atom is 0.322 e. The minimum atomic E-state index is -4.03. The molecule has 1 aromatic rings. The van der Waals surface area contributed by atoms with Gasteiger partial charge < -0.3 is 9.47 Å². The fourth-order valence-corrected chi connectivity index (χ4v) is 4.60. The number of carbonyl (C=O) groups excluding carboxylic acids is 2. The summed E-state index contributed by atoms with van der Waals surface area (Å²) in [4.78, 5) is 23.1. The van der Waals surface area contributed by atoms with Gasteiger partial charge in [-0.1, -0.05) is 23.2 Å². The quantitative estimate of drug-likeness (QED) is 0.506. The van der Waals surface area contributed by atoms with Crippen LogP contribution in [0.3, 0.4) is 0 Å². The number of esters is 2. The van der Waals surface area contributed by atoms with Crippen LogP contribution in [0.4, 0.5) is 0 Å². The molecule has 0 spiro atoms. The molecule has 0 aliphatic heterocycles. The lowest BCUT2D eigenvalue weighted by Gasteiger charge is -2.19. The molecular formula is C15H18Cl2O6S2. The zero-order valence-electron chi connectivity index (χ0n) is 14.1. The first-order chi connectivity index (χ1) is 11.4. The van der Waals surface area contributed by atoms with Crippen molar-refractivity contribution in [2.24, 2.45) is 0 Å². The predicted molar refractivity (Wildman–Crippen MR) is 97.1 cm³/mol. The van der Waals surface area contributed by atoms with E-state index < -0.39 is 33.1 Å². The van der Waals surface area contributed by atoms with E-state index in [0.717, 1.165) is 17.8 Å². The van der Waals surface area contributed by atoms with Crippen LogP contribution < -0.4 is 0 Å². The molecule has 10 heteroatoms. The lowest BCUT2D eigenvalue weighted by molar-refractivity contribution is -0.151. The molecule has 6 nitrogen and oxygen atoms in total. The largest absolute Gasteiger partial charge is 0.468 e. The van der Waals surface area contributed by atoms with Gasteiger partial charge in [0.2, 0.25) is 0 Å². The highest BCUT2D eigenvalue weighted by atomic mass is 35.5. The Bertz CT molecular complexity index is 769. The van der Waals surface area contributed by atoms with Gasteiger partial charge in [0.25, 0.3) is 0 Å². The van der Waals surface area contributed by atoms with E-state index >= 15 is 0 Å². The number of sulfone groups is 1. The summed E-state index contributed by atoms with van der Waals surface area (Å²) in [5.41, 5.74) is -0.803. The molecule has 0 saturated heterocycles. The SMILES string of the molecule is COC(=O)CSc1cc(Cl)c(S(=O)(=O)CC(=O)OC(C)(C)C)cc1Cl. The summed E-state index contributed by atoms with van der Waals surface area (Å²) in [6.45, 7) is 4.90. The van der Waals surface area contributed by atoms with Crippen LogP contribution in [0, 0.1) is 0 Å². The lowest BCUT2D eigenvalue weighted by atomic mass is 10.2. The van der Waals surface area contributed by atoms with Gasteiger partial charge in [-0.25, -0.2) is 8.42 Å². The molecule has 0 atom stereocenters. The Morgan fingerprint density at radius 2 is 1.72 bits per heavy atom. The van der Waals surface area contributed by atoms with Gasteiger partial charge in [-0.15, -0.1) is 11.8 Å². The minimum absolute atomic E-state index is 0.00342. The van der Waals surface area contributed by atoms with Gasteiger partial charge in [0.1, 0.15) is 5.60 Å². The Balaban J connectivity index is 3.03. The third kappa shape index (κ3) is 7.05. The highest BCUT2D eigenvalue weighted by Crippen LogP contribution is 2.35. The summed E-state index contributed by atoms with van der Waals surface area (Å²) in [6.07, 6.45) is 0. The highest BCUT2D eigenvalue weighted by molar-refractivity contribution is 8.00. The Morgan fingerprint density at radius 1 is 1.12 bits per heavy atom. The highest BCUT2D eigenvalue weighted by Gasteiger charge is 2.27. The monoisotopic (exact) mass is 428 g/mol. The first-order valence-electron chi connectivity index (χ1n) is 6.99. The van der Waals surface area contributed by atoms with E-state index in [1.165, 1.54) is 13.2 Å². The molecule has 0 amide bonds. The molecule has 0 fully saturated rings. The van der Waals surface area contributed by atoms with Crippen LogP contribution in [0.5, 0.6) is 0 Å². The van der Waals surface area contributed by atoms with Crippen molar-refractivity contribution in [1.29, 1.82) is 0 Å². The maximum absolute atomic E-state index is 12.4. The van der Waals surface area contributed by atoms with Crippen molar-refractivity contribution in [3.05, 3.63) is 22.2 Å². The van der Waals surface area contributed by atoms with Crippen LogP contribution in [0.1, 0.15) is 20.8 Å². The molecule has 0 saturated carbocycles. The topological polar surface area (TPSA) is 86.7 Å². The molecule has 25 heavy (non-hydrogen) atoms. The van der Waals surface area contributed by atoms with E-state index in [-0.39, 0.29) is 20.7 Å². The fourth-order valence-electron chi connectivity index (χ4n) is 1.66. The van der Waals surface area contributed by atoms with E-state index in [9.17, 15) is 18.0 Å². The Hall–Kier alpha value is -0.960. The molecule has 0 unspecified atom stereocenters. The molecule has 0 aromatic heterocycles. The van der Waals surface area contributed by atoms with Crippen LogP contribution >= 0.6 is 35.0 Å². The number of hydrogen-bond donors (Lipinski definition) is 0. The van der Waals surface area contributed by atoms with Crippen LogP contribution in [-0.2, 0) is 28.9 Å². The molecule has 0 N–H and O–H groups in total. The summed E-state index contributed by atoms with van der Waals surface area (Å²) in [5.74, 6) is -2.20. The van der Waals surface area contributed by atoms with Crippen LogP contribution in [0.15, 0.2) is 21.9 Å². The number of methoxy groups -OCH3 is 1. The van der Waals surface area contributed by atoms with E-state index in [4.69, 9.17) is 27.9 Å². The number of ether oxygens (including phenoxy) is 2. The Labute approximate surface area is 161 Å². The van der Waals surface area contributed by atoms with Gasteiger partial charge in [0.15, 0.2) is 15.6 Å². The molecule has 0 aliphatic carbocycles. The second-order valence-corrected chi connectivity index (χ2v) is 9.71. The number of halogens is 2. The molecular weight excluding hydrogens is 411 g/mol. The zero-order valence-corrected chi connectivity index (χ0v) is 17.2. The van der Waals surface area contributed by atoms with Gasteiger partial charge in [-0.2, -0.15) is 0 Å². The molecule has 0 heterocycles. The first-order valence-corrected chi connectivity index (χ1v) is 10.4. The normalized spacial score (nSPS) is 11.9. The molecule has 140 valence electrons. The number of rotatable bonds is 6. The van der Waals surface area contributed by atoms with Crippen molar-refractivity contribution in [2.45, 2.75) is 36.2 Å². The molecule has 1 rings (SSSR count). The van der Waals surface area contributed by atoms with Gasteiger partial charge >= 0.3 is 11.9 Å². The average Bonchev–Trinajstić information content (AvgIpc) is 2.44. The Kier molecular flexibility index (Phi) is 7.61. The van der Waals surface area contributed by atoms with E-state index in [1.54, 1.807) is 20.8 Å². The van der Waals surface area contributed by atoms with Crippen LogP contribution in [-0.4, -0.2) is 44.6 Å². The molecule has 0 bridgehead atoms. The average molecular weight is 429 g/mol.